The molecule has 0 radical (unpaired) electrons. The van der Waals surface area contributed by atoms with Gasteiger partial charge in [0.1, 0.15) is 6.10 Å². The molecule has 192 valence electrons. The molecular weight excluding hydrogens is 448 g/mol. The van der Waals surface area contributed by atoms with Crippen LogP contribution in [0.15, 0.2) is 79.1 Å². The van der Waals surface area contributed by atoms with E-state index in [0.29, 0.717) is 13.1 Å². The summed E-state index contributed by atoms with van der Waals surface area (Å²) in [4.78, 5) is 22.6. The number of piperazine rings is 1. The molecular formula is C30H40N4O2. The van der Waals surface area contributed by atoms with Gasteiger partial charge in [0.2, 0.25) is 0 Å². The Morgan fingerprint density at radius 3 is 2.08 bits per heavy atom. The topological polar surface area (TPSA) is 48.9 Å². The Bertz CT molecular complexity index is 1020. The third-order valence-electron chi connectivity index (χ3n) is 6.15. The molecule has 1 unspecified atom stereocenters. The van der Waals surface area contributed by atoms with Crippen molar-refractivity contribution >= 4 is 11.8 Å². The summed E-state index contributed by atoms with van der Waals surface area (Å²) in [5.74, 6) is 0. The van der Waals surface area contributed by atoms with E-state index in [1.165, 1.54) is 16.8 Å². The van der Waals surface area contributed by atoms with Gasteiger partial charge in [-0.3, -0.25) is 9.88 Å². The average Bonchev–Trinajstić information content (AvgIpc) is 3.24. The third-order valence-corrected chi connectivity index (χ3v) is 6.15. The van der Waals surface area contributed by atoms with Gasteiger partial charge in [-0.1, -0.05) is 67.9 Å². The normalized spacial score (nSPS) is 17.4. The SMILES string of the molecule is CC.CC1CN(Cc2ccc(N3CCN(Cc4cccnc4)CC3)cc2)C(=O)O1.Cc1ccccc1. The minimum atomic E-state index is -0.212. The monoisotopic (exact) mass is 488 g/mol. The number of nitrogens with zero attached hydrogens (tertiary/aromatic N) is 4. The fourth-order valence-electron chi connectivity index (χ4n) is 4.28. The number of cyclic esters (lactones) is 1. The van der Waals surface area contributed by atoms with Crippen LogP contribution in [0, 0.1) is 6.92 Å². The van der Waals surface area contributed by atoms with E-state index >= 15 is 0 Å². The van der Waals surface area contributed by atoms with Crippen LogP contribution < -0.4 is 4.90 Å². The van der Waals surface area contributed by atoms with Gasteiger partial charge in [0.05, 0.1) is 6.54 Å². The van der Waals surface area contributed by atoms with Gasteiger partial charge in [0.25, 0.3) is 0 Å². The standard InChI is InChI=1S/C21H26N4O2.C7H8.C2H6/c1-17-14-25(21(26)27-17)16-18-4-6-20(7-5-18)24-11-9-23(10-12-24)15-19-3-2-8-22-13-19;1-7-5-3-2-4-6-7;1-2/h2-8,13,17H,9-12,14-16H2,1H3;2-6H,1H3;1-2H3. The molecule has 0 N–H and O–H groups in total. The molecule has 2 aliphatic rings. The Hall–Kier alpha value is -3.38. The quantitative estimate of drug-likeness (QED) is 0.457. The molecule has 2 saturated heterocycles. The predicted octanol–water partition coefficient (Wildman–Crippen LogP) is 5.77. The number of hydrogen-bond acceptors (Lipinski definition) is 5. The van der Waals surface area contributed by atoms with Crippen LogP contribution in [0.2, 0.25) is 0 Å². The highest BCUT2D eigenvalue weighted by Gasteiger charge is 2.27. The summed E-state index contributed by atoms with van der Waals surface area (Å²) >= 11 is 0. The summed E-state index contributed by atoms with van der Waals surface area (Å²) in [6.07, 6.45) is 3.54. The van der Waals surface area contributed by atoms with E-state index in [1.807, 2.05) is 57.4 Å². The molecule has 1 aromatic heterocycles. The number of pyridine rings is 1. The fourth-order valence-corrected chi connectivity index (χ4v) is 4.28. The van der Waals surface area contributed by atoms with Crippen LogP contribution in [-0.4, -0.2) is 59.7 Å². The number of carbonyl (C=O) groups is 1. The highest BCUT2D eigenvalue weighted by Crippen LogP contribution is 2.20. The van der Waals surface area contributed by atoms with Crippen LogP contribution in [0.25, 0.3) is 0 Å². The zero-order chi connectivity index (χ0) is 25.8. The lowest BCUT2D eigenvalue weighted by Gasteiger charge is -2.36. The highest BCUT2D eigenvalue weighted by molar-refractivity contribution is 5.69. The van der Waals surface area contributed by atoms with Gasteiger partial charge in [-0.2, -0.15) is 0 Å². The first kappa shape index (κ1) is 27.2. The van der Waals surface area contributed by atoms with Gasteiger partial charge < -0.3 is 14.5 Å². The summed E-state index contributed by atoms with van der Waals surface area (Å²) in [6.45, 7) is 14.4. The Balaban J connectivity index is 0.000000342. The Morgan fingerprint density at radius 1 is 0.861 bits per heavy atom. The number of carbonyl (C=O) groups excluding carboxylic acids is 1. The number of rotatable bonds is 5. The zero-order valence-corrected chi connectivity index (χ0v) is 22.1. The van der Waals surface area contributed by atoms with E-state index in [2.05, 4.69) is 64.2 Å². The molecule has 2 fully saturated rings. The molecule has 0 spiro atoms. The number of anilines is 1. The van der Waals surface area contributed by atoms with Gasteiger partial charge in [0.15, 0.2) is 0 Å². The second-order valence-electron chi connectivity index (χ2n) is 9.02. The molecule has 3 aromatic rings. The first-order chi connectivity index (χ1) is 17.6. The van der Waals surface area contributed by atoms with E-state index in [0.717, 1.165) is 38.3 Å². The van der Waals surface area contributed by atoms with Crippen LogP contribution in [0.5, 0.6) is 0 Å². The lowest BCUT2D eigenvalue weighted by atomic mass is 10.1. The van der Waals surface area contributed by atoms with Crippen LogP contribution in [0.3, 0.4) is 0 Å². The predicted molar refractivity (Wildman–Crippen MR) is 147 cm³/mol. The maximum absolute atomic E-state index is 11.8. The van der Waals surface area contributed by atoms with Crippen LogP contribution >= 0.6 is 0 Å². The van der Waals surface area contributed by atoms with Gasteiger partial charge in [0, 0.05) is 57.3 Å². The summed E-state index contributed by atoms with van der Waals surface area (Å²) in [5.41, 5.74) is 4.98. The summed E-state index contributed by atoms with van der Waals surface area (Å²) < 4.78 is 5.19. The molecule has 6 heteroatoms. The van der Waals surface area contributed by atoms with Gasteiger partial charge in [-0.15, -0.1) is 0 Å². The van der Waals surface area contributed by atoms with Crippen molar-refractivity contribution in [2.45, 2.75) is 46.9 Å². The smallest absolute Gasteiger partial charge is 0.410 e. The number of aryl methyl sites for hydroxylation is 1. The van der Waals surface area contributed by atoms with Crippen molar-refractivity contribution in [1.82, 2.24) is 14.8 Å². The molecule has 1 amide bonds. The zero-order valence-electron chi connectivity index (χ0n) is 22.1. The Morgan fingerprint density at radius 2 is 1.56 bits per heavy atom. The van der Waals surface area contributed by atoms with E-state index in [-0.39, 0.29) is 12.2 Å². The summed E-state index contributed by atoms with van der Waals surface area (Å²) in [6, 6.07) is 23.0. The van der Waals surface area contributed by atoms with Crippen molar-refractivity contribution in [2.24, 2.45) is 0 Å². The maximum atomic E-state index is 11.8. The van der Waals surface area contributed by atoms with Crippen LogP contribution in [0.4, 0.5) is 10.5 Å². The Kier molecular flexibility index (Phi) is 10.8. The van der Waals surface area contributed by atoms with E-state index in [9.17, 15) is 4.79 Å². The Labute approximate surface area is 216 Å². The molecule has 6 nitrogen and oxygen atoms in total. The van der Waals surface area contributed by atoms with Crippen LogP contribution in [0.1, 0.15) is 37.5 Å². The van der Waals surface area contributed by atoms with Crippen molar-refractivity contribution < 1.29 is 9.53 Å². The van der Waals surface area contributed by atoms with Gasteiger partial charge >= 0.3 is 6.09 Å². The minimum Gasteiger partial charge on any atom is -0.444 e. The first-order valence-electron chi connectivity index (χ1n) is 13.0. The summed E-state index contributed by atoms with van der Waals surface area (Å²) in [5, 5.41) is 0. The average molecular weight is 489 g/mol. The lowest BCUT2D eigenvalue weighted by Crippen LogP contribution is -2.45. The fraction of sp³-hybridized carbons (Fsp3) is 0.400. The molecule has 2 aliphatic heterocycles. The van der Waals surface area contributed by atoms with Crippen molar-refractivity contribution in [3.63, 3.8) is 0 Å². The maximum Gasteiger partial charge on any atom is 0.410 e. The molecule has 36 heavy (non-hydrogen) atoms. The third kappa shape index (κ3) is 8.38. The second kappa shape index (κ2) is 14.2. The van der Waals surface area contributed by atoms with Crippen molar-refractivity contribution in [1.29, 1.82) is 0 Å². The van der Waals surface area contributed by atoms with E-state index < -0.39 is 0 Å². The molecule has 0 aliphatic carbocycles. The lowest BCUT2D eigenvalue weighted by molar-refractivity contribution is 0.137. The van der Waals surface area contributed by atoms with Gasteiger partial charge in [-0.25, -0.2) is 4.79 Å². The number of aromatic nitrogens is 1. The highest BCUT2D eigenvalue weighted by atomic mass is 16.6. The number of benzene rings is 2. The number of hydrogen-bond donors (Lipinski definition) is 0. The summed E-state index contributed by atoms with van der Waals surface area (Å²) in [7, 11) is 0. The molecule has 0 bridgehead atoms. The van der Waals surface area contributed by atoms with Crippen molar-refractivity contribution in [3.8, 4) is 0 Å². The molecule has 1 atom stereocenters. The van der Waals surface area contributed by atoms with Gasteiger partial charge in [-0.05, 0) is 43.2 Å². The van der Waals surface area contributed by atoms with Crippen molar-refractivity contribution in [2.75, 3.05) is 37.6 Å². The van der Waals surface area contributed by atoms with Crippen molar-refractivity contribution in [3.05, 3.63) is 95.8 Å². The van der Waals surface area contributed by atoms with E-state index in [4.69, 9.17) is 4.74 Å². The second-order valence-corrected chi connectivity index (χ2v) is 9.02. The first-order valence-corrected chi connectivity index (χ1v) is 13.0. The minimum absolute atomic E-state index is 0.0141. The molecule has 3 heterocycles. The molecule has 5 rings (SSSR count). The van der Waals surface area contributed by atoms with E-state index in [1.54, 1.807) is 4.90 Å². The number of amides is 1. The molecule has 2 aromatic carbocycles. The largest absolute Gasteiger partial charge is 0.444 e. The molecule has 0 saturated carbocycles. The van der Waals surface area contributed by atoms with Crippen LogP contribution in [-0.2, 0) is 17.8 Å². The number of ether oxygens (including phenoxy) is 1.